The molecule has 1 N–H and O–H groups in total. The summed E-state index contributed by atoms with van der Waals surface area (Å²) in [6.07, 6.45) is 5.17. The third-order valence-corrected chi connectivity index (χ3v) is 4.18. The SMILES string of the molecule is OC1CC2CC(c3ccc(Cl)nc3)C1C2. The van der Waals surface area contributed by atoms with Gasteiger partial charge in [-0.05, 0) is 48.6 Å². The average Bonchev–Trinajstić information content (AvgIpc) is 2.77. The van der Waals surface area contributed by atoms with Gasteiger partial charge in [-0.15, -0.1) is 0 Å². The van der Waals surface area contributed by atoms with Crippen LogP contribution in [0, 0.1) is 11.8 Å². The number of nitrogens with zero attached hydrogens (tertiary/aromatic N) is 1. The summed E-state index contributed by atoms with van der Waals surface area (Å²) in [6.45, 7) is 0. The van der Waals surface area contributed by atoms with Gasteiger partial charge >= 0.3 is 0 Å². The molecule has 0 amide bonds. The minimum absolute atomic E-state index is 0.0931. The van der Waals surface area contributed by atoms with Gasteiger partial charge in [0.2, 0.25) is 0 Å². The van der Waals surface area contributed by atoms with Crippen LogP contribution in [0.4, 0.5) is 0 Å². The fraction of sp³-hybridized carbons (Fsp3) is 0.583. The van der Waals surface area contributed by atoms with Crippen molar-refractivity contribution in [3.63, 3.8) is 0 Å². The van der Waals surface area contributed by atoms with Crippen LogP contribution in [0.2, 0.25) is 5.15 Å². The molecule has 15 heavy (non-hydrogen) atoms. The van der Waals surface area contributed by atoms with Crippen LogP contribution in [0.3, 0.4) is 0 Å². The maximum absolute atomic E-state index is 9.86. The van der Waals surface area contributed by atoms with Gasteiger partial charge in [0.25, 0.3) is 0 Å². The number of pyridine rings is 1. The topological polar surface area (TPSA) is 33.1 Å². The molecule has 2 aliphatic carbocycles. The number of rotatable bonds is 1. The van der Waals surface area contributed by atoms with Crippen LogP contribution < -0.4 is 0 Å². The highest BCUT2D eigenvalue weighted by atomic mass is 35.5. The first-order chi connectivity index (χ1) is 7.24. The molecule has 0 aromatic carbocycles. The summed E-state index contributed by atoms with van der Waals surface area (Å²) in [4.78, 5) is 4.12. The number of aliphatic hydroxyl groups excluding tert-OH is 1. The first-order valence-corrected chi connectivity index (χ1v) is 5.91. The number of halogens is 1. The molecule has 1 aromatic heterocycles. The monoisotopic (exact) mass is 223 g/mol. The van der Waals surface area contributed by atoms with E-state index in [9.17, 15) is 5.11 Å². The van der Waals surface area contributed by atoms with Gasteiger partial charge < -0.3 is 5.11 Å². The highest BCUT2D eigenvalue weighted by molar-refractivity contribution is 6.29. The number of hydrogen-bond acceptors (Lipinski definition) is 2. The van der Waals surface area contributed by atoms with Gasteiger partial charge in [0.15, 0.2) is 0 Å². The second kappa shape index (κ2) is 3.46. The van der Waals surface area contributed by atoms with Crippen molar-refractivity contribution in [3.05, 3.63) is 29.0 Å². The average molecular weight is 224 g/mol. The van der Waals surface area contributed by atoms with Crippen molar-refractivity contribution in [2.75, 3.05) is 0 Å². The third-order valence-electron chi connectivity index (χ3n) is 3.96. The van der Waals surface area contributed by atoms with Crippen molar-refractivity contribution in [3.8, 4) is 0 Å². The Hall–Kier alpha value is -0.600. The molecule has 2 fully saturated rings. The Kier molecular flexibility index (Phi) is 2.22. The lowest BCUT2D eigenvalue weighted by Crippen LogP contribution is -2.22. The van der Waals surface area contributed by atoms with Crippen LogP contribution in [0.1, 0.15) is 30.7 Å². The molecule has 2 saturated carbocycles. The van der Waals surface area contributed by atoms with E-state index < -0.39 is 0 Å². The van der Waals surface area contributed by atoms with Gasteiger partial charge in [-0.3, -0.25) is 0 Å². The summed E-state index contributed by atoms with van der Waals surface area (Å²) >= 11 is 5.77. The zero-order valence-corrected chi connectivity index (χ0v) is 9.19. The molecule has 2 bridgehead atoms. The maximum atomic E-state index is 9.86. The van der Waals surface area contributed by atoms with Gasteiger partial charge in [0, 0.05) is 6.20 Å². The number of aromatic nitrogens is 1. The molecule has 2 aliphatic rings. The van der Waals surface area contributed by atoms with Crippen LogP contribution in [-0.4, -0.2) is 16.2 Å². The molecule has 4 unspecified atom stereocenters. The predicted octanol–water partition coefficient (Wildman–Crippen LogP) is 2.61. The summed E-state index contributed by atoms with van der Waals surface area (Å²) < 4.78 is 0. The largest absolute Gasteiger partial charge is 0.393 e. The molecule has 3 heteroatoms. The fourth-order valence-corrected chi connectivity index (χ4v) is 3.41. The molecule has 0 radical (unpaired) electrons. The van der Waals surface area contributed by atoms with Crippen LogP contribution in [0.25, 0.3) is 0 Å². The molecule has 1 heterocycles. The molecule has 80 valence electrons. The normalized spacial score (nSPS) is 38.5. The standard InChI is InChI=1S/C12H14ClNO/c13-12-2-1-8(6-14-12)9-3-7-4-10(9)11(15)5-7/h1-2,6-7,9-11,15H,3-5H2. The van der Waals surface area contributed by atoms with Gasteiger partial charge in [-0.25, -0.2) is 4.98 Å². The van der Waals surface area contributed by atoms with Crippen LogP contribution in [0.5, 0.6) is 0 Å². The van der Waals surface area contributed by atoms with Crippen molar-refractivity contribution >= 4 is 11.6 Å². The number of aliphatic hydroxyl groups is 1. The smallest absolute Gasteiger partial charge is 0.129 e. The van der Waals surface area contributed by atoms with E-state index in [2.05, 4.69) is 4.98 Å². The van der Waals surface area contributed by atoms with E-state index in [1.165, 1.54) is 18.4 Å². The van der Waals surface area contributed by atoms with E-state index in [4.69, 9.17) is 11.6 Å². The van der Waals surface area contributed by atoms with Crippen LogP contribution >= 0.6 is 11.6 Å². The molecule has 0 spiro atoms. The van der Waals surface area contributed by atoms with Gasteiger partial charge in [0.1, 0.15) is 5.15 Å². The lowest BCUT2D eigenvalue weighted by molar-refractivity contribution is 0.101. The molecule has 3 rings (SSSR count). The van der Waals surface area contributed by atoms with Crippen molar-refractivity contribution in [1.82, 2.24) is 4.98 Å². The molecular formula is C12H14ClNO. The molecule has 0 saturated heterocycles. The molecular weight excluding hydrogens is 210 g/mol. The van der Waals surface area contributed by atoms with Crippen LogP contribution in [0.15, 0.2) is 18.3 Å². The molecule has 0 aliphatic heterocycles. The zero-order valence-electron chi connectivity index (χ0n) is 8.44. The third kappa shape index (κ3) is 1.56. The fourth-order valence-electron chi connectivity index (χ4n) is 3.30. The van der Waals surface area contributed by atoms with E-state index in [1.807, 2.05) is 18.3 Å². The number of fused-ring (bicyclic) bond motifs is 2. The first kappa shape index (κ1) is 9.61. The summed E-state index contributed by atoms with van der Waals surface area (Å²) in [6, 6.07) is 3.89. The van der Waals surface area contributed by atoms with E-state index >= 15 is 0 Å². The minimum Gasteiger partial charge on any atom is -0.393 e. The highest BCUT2D eigenvalue weighted by Gasteiger charge is 2.45. The Morgan fingerprint density at radius 1 is 1.27 bits per heavy atom. The van der Waals surface area contributed by atoms with Gasteiger partial charge in [-0.2, -0.15) is 0 Å². The summed E-state index contributed by atoms with van der Waals surface area (Å²) in [5.74, 6) is 1.69. The Morgan fingerprint density at radius 3 is 2.73 bits per heavy atom. The quantitative estimate of drug-likeness (QED) is 0.743. The Bertz CT molecular complexity index is 364. The Balaban J connectivity index is 1.86. The lowest BCUT2D eigenvalue weighted by atomic mass is 9.82. The van der Waals surface area contributed by atoms with E-state index in [-0.39, 0.29) is 6.10 Å². The molecule has 4 atom stereocenters. The maximum Gasteiger partial charge on any atom is 0.129 e. The highest BCUT2D eigenvalue weighted by Crippen LogP contribution is 2.52. The minimum atomic E-state index is -0.0931. The van der Waals surface area contributed by atoms with Crippen LogP contribution in [-0.2, 0) is 0 Å². The van der Waals surface area contributed by atoms with Gasteiger partial charge in [-0.1, -0.05) is 17.7 Å². The molecule has 2 nitrogen and oxygen atoms in total. The van der Waals surface area contributed by atoms with Crippen molar-refractivity contribution in [2.45, 2.75) is 31.3 Å². The number of hydrogen-bond donors (Lipinski definition) is 1. The van der Waals surface area contributed by atoms with Crippen molar-refractivity contribution in [2.24, 2.45) is 11.8 Å². The first-order valence-electron chi connectivity index (χ1n) is 5.53. The lowest BCUT2D eigenvalue weighted by Gasteiger charge is -2.26. The predicted molar refractivity (Wildman–Crippen MR) is 58.8 cm³/mol. The van der Waals surface area contributed by atoms with E-state index in [1.54, 1.807) is 0 Å². The zero-order chi connectivity index (χ0) is 10.4. The second-order valence-electron chi connectivity index (χ2n) is 4.83. The summed E-state index contributed by atoms with van der Waals surface area (Å²) in [5, 5.41) is 10.4. The van der Waals surface area contributed by atoms with E-state index in [0.717, 1.165) is 12.3 Å². The van der Waals surface area contributed by atoms with Crippen molar-refractivity contribution < 1.29 is 5.11 Å². The second-order valence-corrected chi connectivity index (χ2v) is 5.21. The van der Waals surface area contributed by atoms with Gasteiger partial charge in [0.05, 0.1) is 6.10 Å². The van der Waals surface area contributed by atoms with Crippen molar-refractivity contribution in [1.29, 1.82) is 0 Å². The molecule has 1 aromatic rings. The Labute approximate surface area is 94.3 Å². The summed E-state index contributed by atoms with van der Waals surface area (Å²) in [5.41, 5.74) is 1.24. The summed E-state index contributed by atoms with van der Waals surface area (Å²) in [7, 11) is 0. The van der Waals surface area contributed by atoms with E-state index in [0.29, 0.717) is 17.0 Å². The Morgan fingerprint density at radius 2 is 2.13 bits per heavy atom.